The summed E-state index contributed by atoms with van der Waals surface area (Å²) in [5, 5.41) is 12.5. The molecule has 0 saturated heterocycles. The minimum absolute atomic E-state index is 0.246. The van der Waals surface area contributed by atoms with Crippen molar-refractivity contribution in [1.29, 1.82) is 0 Å². The van der Waals surface area contributed by atoms with E-state index in [0.29, 0.717) is 22.9 Å². The van der Waals surface area contributed by atoms with E-state index in [0.717, 1.165) is 5.56 Å². The summed E-state index contributed by atoms with van der Waals surface area (Å²) in [6, 6.07) is 5.23. The molecule has 0 fully saturated rings. The van der Waals surface area contributed by atoms with Gasteiger partial charge in [0.25, 0.3) is 0 Å². The highest BCUT2D eigenvalue weighted by atomic mass is 35.5. The number of carbonyl (C=O) groups is 2. The lowest BCUT2D eigenvalue weighted by Gasteiger charge is -2.20. The molecule has 0 atom stereocenters. The van der Waals surface area contributed by atoms with Crippen molar-refractivity contribution in [2.45, 2.75) is 38.6 Å². The second-order valence-electron chi connectivity index (χ2n) is 5.07. The molecule has 4 nitrogen and oxygen atoms in total. The lowest BCUT2D eigenvalue weighted by atomic mass is 10.0. The third-order valence-electron chi connectivity index (χ3n) is 2.85. The molecule has 2 N–H and O–H groups in total. The molecule has 0 aliphatic heterocycles. The van der Waals surface area contributed by atoms with E-state index in [2.05, 4.69) is 5.32 Å². The molecule has 0 heterocycles. The molecule has 20 heavy (non-hydrogen) atoms. The molecule has 0 aliphatic carbocycles. The lowest BCUT2D eigenvalue weighted by molar-refractivity contribution is -0.146. The summed E-state index contributed by atoms with van der Waals surface area (Å²) in [6.45, 7) is 2.90. The first-order valence-electron chi connectivity index (χ1n) is 6.20. The highest BCUT2D eigenvalue weighted by Gasteiger charge is 2.28. The van der Waals surface area contributed by atoms with Crippen molar-refractivity contribution in [3.63, 3.8) is 0 Å². The van der Waals surface area contributed by atoms with Crippen LogP contribution in [0.1, 0.15) is 32.3 Å². The highest BCUT2D eigenvalue weighted by molar-refractivity contribution is 6.35. The standard InChI is InChI=1S/C14H17Cl2NO3/c1-14(2,13(19)20)17-12(18)5-3-4-9-6-7-10(15)8-11(9)16/h6-8H,3-5H2,1-2H3,(H,17,18)(H,19,20). The molecule has 1 rings (SSSR count). The third kappa shape index (κ3) is 5.02. The Kier molecular flexibility index (Phi) is 5.84. The maximum atomic E-state index is 11.7. The molecule has 0 aromatic heterocycles. The van der Waals surface area contributed by atoms with Crippen LogP contribution >= 0.6 is 23.2 Å². The van der Waals surface area contributed by atoms with Gasteiger partial charge in [0.2, 0.25) is 5.91 Å². The number of carbonyl (C=O) groups excluding carboxylic acids is 1. The SMILES string of the molecule is CC(C)(NC(=O)CCCc1ccc(Cl)cc1Cl)C(=O)O. The number of carboxylic acid groups (broad SMARTS) is 1. The number of amides is 1. The van der Waals surface area contributed by atoms with Crippen molar-refractivity contribution in [1.82, 2.24) is 5.32 Å². The van der Waals surface area contributed by atoms with E-state index >= 15 is 0 Å². The molecule has 6 heteroatoms. The van der Waals surface area contributed by atoms with E-state index in [4.69, 9.17) is 28.3 Å². The second-order valence-corrected chi connectivity index (χ2v) is 5.91. The number of halogens is 2. The van der Waals surface area contributed by atoms with Crippen molar-refractivity contribution in [3.8, 4) is 0 Å². The smallest absolute Gasteiger partial charge is 0.328 e. The Morgan fingerprint density at radius 3 is 2.50 bits per heavy atom. The molecule has 1 amide bonds. The van der Waals surface area contributed by atoms with Crippen molar-refractivity contribution in [2.24, 2.45) is 0 Å². The largest absolute Gasteiger partial charge is 0.480 e. The van der Waals surface area contributed by atoms with Gasteiger partial charge in [-0.3, -0.25) is 4.79 Å². The summed E-state index contributed by atoms with van der Waals surface area (Å²) in [5.41, 5.74) is -0.337. The van der Waals surface area contributed by atoms with Gasteiger partial charge in [0.05, 0.1) is 0 Å². The zero-order valence-corrected chi connectivity index (χ0v) is 12.9. The van der Waals surface area contributed by atoms with Crippen molar-refractivity contribution in [2.75, 3.05) is 0 Å². The quantitative estimate of drug-likeness (QED) is 0.846. The zero-order valence-electron chi connectivity index (χ0n) is 11.4. The maximum Gasteiger partial charge on any atom is 0.328 e. The fraction of sp³-hybridized carbons (Fsp3) is 0.429. The van der Waals surface area contributed by atoms with Crippen LogP contribution in [0.3, 0.4) is 0 Å². The van der Waals surface area contributed by atoms with E-state index in [1.165, 1.54) is 13.8 Å². The number of carboxylic acids is 1. The third-order valence-corrected chi connectivity index (χ3v) is 3.44. The summed E-state index contributed by atoms with van der Waals surface area (Å²) in [4.78, 5) is 22.5. The Bertz CT molecular complexity index is 515. The summed E-state index contributed by atoms with van der Waals surface area (Å²) in [5.74, 6) is -1.35. The lowest BCUT2D eigenvalue weighted by Crippen LogP contribution is -2.49. The molecule has 0 aliphatic rings. The van der Waals surface area contributed by atoms with Crippen molar-refractivity contribution >= 4 is 35.1 Å². The Balaban J connectivity index is 2.45. The molecule has 0 saturated carbocycles. The minimum atomic E-state index is -1.25. The number of aryl methyl sites for hydroxylation is 1. The van der Waals surface area contributed by atoms with Crippen LogP contribution in [0, 0.1) is 0 Å². The molecular weight excluding hydrogens is 301 g/mol. The number of rotatable bonds is 6. The summed E-state index contributed by atoms with van der Waals surface area (Å²) in [6.07, 6.45) is 1.47. The number of benzene rings is 1. The summed E-state index contributed by atoms with van der Waals surface area (Å²) >= 11 is 11.8. The fourth-order valence-corrected chi connectivity index (χ4v) is 2.13. The average molecular weight is 318 g/mol. The minimum Gasteiger partial charge on any atom is -0.480 e. The van der Waals surface area contributed by atoms with E-state index in [9.17, 15) is 9.59 Å². The average Bonchev–Trinajstić information content (AvgIpc) is 2.31. The zero-order chi connectivity index (χ0) is 15.3. The maximum absolute atomic E-state index is 11.7. The molecule has 0 spiro atoms. The van der Waals surface area contributed by atoms with Crippen molar-refractivity contribution < 1.29 is 14.7 Å². The van der Waals surface area contributed by atoms with Crippen LogP contribution in [0.25, 0.3) is 0 Å². The fourth-order valence-electron chi connectivity index (χ4n) is 1.63. The molecule has 0 radical (unpaired) electrons. The van der Waals surface area contributed by atoms with Gasteiger partial charge in [0.1, 0.15) is 5.54 Å². The topological polar surface area (TPSA) is 66.4 Å². The Hall–Kier alpha value is -1.26. The van der Waals surface area contributed by atoms with Gasteiger partial charge in [-0.05, 0) is 44.4 Å². The van der Waals surface area contributed by atoms with Crippen LogP contribution in [0.5, 0.6) is 0 Å². The molecule has 0 unspecified atom stereocenters. The molecular formula is C14H17Cl2NO3. The van der Waals surface area contributed by atoms with E-state index in [1.807, 2.05) is 6.07 Å². The number of nitrogens with one attached hydrogen (secondary N) is 1. The van der Waals surface area contributed by atoms with Gasteiger partial charge in [0, 0.05) is 16.5 Å². The van der Waals surface area contributed by atoms with Gasteiger partial charge in [-0.2, -0.15) is 0 Å². The van der Waals surface area contributed by atoms with E-state index < -0.39 is 11.5 Å². The predicted octanol–water partition coefficient (Wildman–Crippen LogP) is 3.30. The van der Waals surface area contributed by atoms with Crippen LogP contribution in [-0.4, -0.2) is 22.5 Å². The Labute approximate surface area is 128 Å². The monoisotopic (exact) mass is 317 g/mol. The first kappa shape index (κ1) is 16.8. The van der Waals surface area contributed by atoms with E-state index in [-0.39, 0.29) is 12.3 Å². The Morgan fingerprint density at radius 2 is 1.95 bits per heavy atom. The van der Waals surface area contributed by atoms with Gasteiger partial charge >= 0.3 is 5.97 Å². The van der Waals surface area contributed by atoms with Crippen LogP contribution in [0.4, 0.5) is 0 Å². The predicted molar refractivity (Wildman–Crippen MR) is 79.3 cm³/mol. The van der Waals surface area contributed by atoms with Gasteiger partial charge in [-0.25, -0.2) is 4.79 Å². The highest BCUT2D eigenvalue weighted by Crippen LogP contribution is 2.22. The molecule has 1 aromatic carbocycles. The van der Waals surface area contributed by atoms with Crippen LogP contribution in [-0.2, 0) is 16.0 Å². The normalized spacial score (nSPS) is 11.2. The number of hydrogen-bond donors (Lipinski definition) is 2. The summed E-state index contributed by atoms with van der Waals surface area (Å²) in [7, 11) is 0. The first-order chi connectivity index (χ1) is 9.22. The van der Waals surface area contributed by atoms with Gasteiger partial charge in [-0.1, -0.05) is 29.3 Å². The number of hydrogen-bond acceptors (Lipinski definition) is 2. The molecule has 110 valence electrons. The van der Waals surface area contributed by atoms with Crippen LogP contribution < -0.4 is 5.32 Å². The van der Waals surface area contributed by atoms with Crippen molar-refractivity contribution in [3.05, 3.63) is 33.8 Å². The van der Waals surface area contributed by atoms with Gasteiger partial charge in [0.15, 0.2) is 0 Å². The molecule has 0 bridgehead atoms. The second kappa shape index (κ2) is 6.95. The van der Waals surface area contributed by atoms with E-state index in [1.54, 1.807) is 12.1 Å². The summed E-state index contributed by atoms with van der Waals surface area (Å²) < 4.78 is 0. The number of aliphatic carboxylic acids is 1. The molecule has 1 aromatic rings. The van der Waals surface area contributed by atoms with Gasteiger partial charge < -0.3 is 10.4 Å². The first-order valence-corrected chi connectivity index (χ1v) is 6.96. The Morgan fingerprint density at radius 1 is 1.30 bits per heavy atom. The van der Waals surface area contributed by atoms with Crippen LogP contribution in [0.2, 0.25) is 10.0 Å². The van der Waals surface area contributed by atoms with Gasteiger partial charge in [-0.15, -0.1) is 0 Å². The van der Waals surface area contributed by atoms with Crippen LogP contribution in [0.15, 0.2) is 18.2 Å².